The van der Waals surface area contributed by atoms with Gasteiger partial charge in [-0.05, 0) is 37.1 Å². The summed E-state index contributed by atoms with van der Waals surface area (Å²) in [5, 5.41) is 0. The molecule has 0 aliphatic carbocycles. The number of aliphatic imine (C=N–C) groups is 1. The quantitative estimate of drug-likeness (QED) is 0.661. The summed E-state index contributed by atoms with van der Waals surface area (Å²) in [5.74, 6) is 0. The fourth-order valence-corrected chi connectivity index (χ4v) is 1.61. The van der Waals surface area contributed by atoms with Crippen LogP contribution in [0.25, 0.3) is 0 Å². The molecule has 80 valence electrons. The van der Waals surface area contributed by atoms with Crippen LogP contribution in [0.1, 0.15) is 16.7 Å². The molecule has 0 spiro atoms. The fourth-order valence-electron chi connectivity index (χ4n) is 1.61. The zero-order valence-corrected chi connectivity index (χ0v) is 9.64. The zero-order chi connectivity index (χ0) is 11.4. The molecule has 0 radical (unpaired) electrons. The summed E-state index contributed by atoms with van der Waals surface area (Å²) in [4.78, 5) is 4.45. The highest BCUT2D eigenvalue weighted by molar-refractivity contribution is 5.82. The molecule has 2 aromatic rings. The first-order chi connectivity index (χ1) is 7.74. The lowest BCUT2D eigenvalue weighted by Gasteiger charge is -1.97. The van der Waals surface area contributed by atoms with E-state index in [1.54, 1.807) is 0 Å². The molecular formula is C15H15N. The van der Waals surface area contributed by atoms with E-state index in [2.05, 4.69) is 49.2 Å². The van der Waals surface area contributed by atoms with E-state index in [4.69, 9.17) is 0 Å². The van der Waals surface area contributed by atoms with E-state index in [-0.39, 0.29) is 0 Å². The van der Waals surface area contributed by atoms with Crippen molar-refractivity contribution in [1.82, 2.24) is 0 Å². The molecule has 16 heavy (non-hydrogen) atoms. The fraction of sp³-hybridized carbons (Fsp3) is 0.133. The summed E-state index contributed by atoms with van der Waals surface area (Å²) in [5.41, 5.74) is 4.63. The number of aryl methyl sites for hydroxylation is 2. The number of hydrogen-bond donors (Lipinski definition) is 0. The van der Waals surface area contributed by atoms with Gasteiger partial charge in [0.1, 0.15) is 0 Å². The summed E-state index contributed by atoms with van der Waals surface area (Å²) in [7, 11) is 0. The summed E-state index contributed by atoms with van der Waals surface area (Å²) in [6.45, 7) is 4.16. The molecule has 0 fully saturated rings. The summed E-state index contributed by atoms with van der Waals surface area (Å²) < 4.78 is 0. The van der Waals surface area contributed by atoms with Crippen LogP contribution in [0.5, 0.6) is 0 Å². The first kappa shape index (κ1) is 10.6. The minimum absolute atomic E-state index is 1.00. The second-order valence-corrected chi connectivity index (χ2v) is 4.01. The minimum atomic E-state index is 1.00. The average Bonchev–Trinajstić information content (AvgIpc) is 2.27. The average molecular weight is 209 g/mol. The highest BCUT2D eigenvalue weighted by Gasteiger charge is 1.90. The second-order valence-electron chi connectivity index (χ2n) is 4.01. The number of hydrogen-bond acceptors (Lipinski definition) is 1. The molecule has 2 rings (SSSR count). The smallest absolute Gasteiger partial charge is 0.0632 e. The third kappa shape index (κ3) is 2.80. The maximum absolute atomic E-state index is 4.45. The summed E-state index contributed by atoms with van der Waals surface area (Å²) in [6, 6.07) is 16.5. The molecule has 0 bridgehead atoms. The lowest BCUT2D eigenvalue weighted by Crippen LogP contribution is -1.81. The lowest BCUT2D eigenvalue weighted by molar-refractivity contribution is 1.42. The maximum Gasteiger partial charge on any atom is 0.0632 e. The lowest BCUT2D eigenvalue weighted by atomic mass is 10.1. The largest absolute Gasteiger partial charge is 0.256 e. The van der Waals surface area contributed by atoms with Crippen molar-refractivity contribution in [2.45, 2.75) is 13.8 Å². The van der Waals surface area contributed by atoms with Crippen LogP contribution in [0.3, 0.4) is 0 Å². The topological polar surface area (TPSA) is 12.4 Å². The molecule has 0 aromatic heterocycles. The Balaban J connectivity index is 2.21. The van der Waals surface area contributed by atoms with E-state index in [9.17, 15) is 0 Å². The van der Waals surface area contributed by atoms with Crippen LogP contribution in [0.2, 0.25) is 0 Å². The molecule has 0 saturated carbocycles. The van der Waals surface area contributed by atoms with E-state index < -0.39 is 0 Å². The van der Waals surface area contributed by atoms with Gasteiger partial charge in [-0.1, -0.05) is 42.0 Å². The standard InChI is InChI=1S/C15H15N/c1-12-5-3-7-14(9-12)11-16-15-8-4-6-13(2)10-15/h3-11H,1-2H3. The van der Waals surface area contributed by atoms with Gasteiger partial charge in [-0.15, -0.1) is 0 Å². The Labute approximate surface area is 96.5 Å². The van der Waals surface area contributed by atoms with Gasteiger partial charge in [-0.25, -0.2) is 0 Å². The first-order valence-electron chi connectivity index (χ1n) is 5.41. The van der Waals surface area contributed by atoms with Crippen molar-refractivity contribution in [1.29, 1.82) is 0 Å². The third-order valence-corrected chi connectivity index (χ3v) is 2.41. The molecule has 0 N–H and O–H groups in total. The summed E-state index contributed by atoms with van der Waals surface area (Å²) >= 11 is 0. The normalized spacial score (nSPS) is 10.9. The predicted octanol–water partition coefficient (Wildman–Crippen LogP) is 4.05. The molecule has 0 atom stereocenters. The number of nitrogens with zero attached hydrogens (tertiary/aromatic N) is 1. The molecule has 1 heteroatoms. The van der Waals surface area contributed by atoms with Crippen molar-refractivity contribution >= 4 is 11.9 Å². The van der Waals surface area contributed by atoms with Crippen LogP contribution in [-0.2, 0) is 0 Å². The van der Waals surface area contributed by atoms with Gasteiger partial charge in [0.05, 0.1) is 5.69 Å². The van der Waals surface area contributed by atoms with Crippen molar-refractivity contribution in [3.63, 3.8) is 0 Å². The van der Waals surface area contributed by atoms with E-state index in [0.29, 0.717) is 0 Å². The Morgan fingerprint density at radius 1 is 0.875 bits per heavy atom. The summed E-state index contributed by atoms with van der Waals surface area (Å²) in [6.07, 6.45) is 1.90. The molecule has 2 aromatic carbocycles. The van der Waals surface area contributed by atoms with Gasteiger partial charge in [-0.3, -0.25) is 4.99 Å². The van der Waals surface area contributed by atoms with Gasteiger partial charge in [0.25, 0.3) is 0 Å². The molecule has 0 saturated heterocycles. The molecular weight excluding hydrogens is 194 g/mol. The van der Waals surface area contributed by atoms with Crippen LogP contribution >= 0.6 is 0 Å². The van der Waals surface area contributed by atoms with Crippen molar-refractivity contribution in [3.05, 3.63) is 65.2 Å². The minimum Gasteiger partial charge on any atom is -0.256 e. The Morgan fingerprint density at radius 2 is 1.56 bits per heavy atom. The Morgan fingerprint density at radius 3 is 2.25 bits per heavy atom. The Kier molecular flexibility index (Phi) is 3.16. The van der Waals surface area contributed by atoms with Gasteiger partial charge in [0.2, 0.25) is 0 Å². The monoisotopic (exact) mass is 209 g/mol. The Hall–Kier alpha value is -1.89. The van der Waals surface area contributed by atoms with Crippen LogP contribution in [0.15, 0.2) is 53.5 Å². The van der Waals surface area contributed by atoms with E-state index in [0.717, 1.165) is 11.3 Å². The number of rotatable bonds is 2. The number of benzene rings is 2. The third-order valence-electron chi connectivity index (χ3n) is 2.41. The zero-order valence-electron chi connectivity index (χ0n) is 9.64. The van der Waals surface area contributed by atoms with Crippen LogP contribution in [0, 0.1) is 13.8 Å². The van der Waals surface area contributed by atoms with E-state index >= 15 is 0 Å². The molecule has 0 heterocycles. The SMILES string of the molecule is Cc1cccc(C=Nc2cccc(C)c2)c1. The van der Waals surface area contributed by atoms with Gasteiger partial charge in [-0.2, -0.15) is 0 Å². The van der Waals surface area contributed by atoms with E-state index in [1.165, 1.54) is 11.1 Å². The van der Waals surface area contributed by atoms with Crippen LogP contribution < -0.4 is 0 Å². The van der Waals surface area contributed by atoms with Crippen molar-refractivity contribution < 1.29 is 0 Å². The first-order valence-corrected chi connectivity index (χ1v) is 5.41. The molecule has 1 nitrogen and oxygen atoms in total. The van der Waals surface area contributed by atoms with Gasteiger partial charge in [0, 0.05) is 6.21 Å². The van der Waals surface area contributed by atoms with E-state index in [1.807, 2.05) is 24.4 Å². The molecule has 0 unspecified atom stereocenters. The molecule has 0 aliphatic heterocycles. The van der Waals surface area contributed by atoms with Gasteiger partial charge >= 0.3 is 0 Å². The predicted molar refractivity (Wildman–Crippen MR) is 69.6 cm³/mol. The highest BCUT2D eigenvalue weighted by atomic mass is 14.7. The van der Waals surface area contributed by atoms with Gasteiger partial charge in [0.15, 0.2) is 0 Å². The second kappa shape index (κ2) is 4.75. The van der Waals surface area contributed by atoms with Crippen molar-refractivity contribution in [2.75, 3.05) is 0 Å². The Bertz CT molecular complexity index is 465. The molecule has 0 amide bonds. The maximum atomic E-state index is 4.45. The molecule has 0 aliphatic rings. The van der Waals surface area contributed by atoms with Crippen molar-refractivity contribution in [3.8, 4) is 0 Å². The van der Waals surface area contributed by atoms with Gasteiger partial charge < -0.3 is 0 Å². The van der Waals surface area contributed by atoms with Crippen LogP contribution in [0.4, 0.5) is 5.69 Å². The van der Waals surface area contributed by atoms with Crippen LogP contribution in [-0.4, -0.2) is 6.21 Å². The van der Waals surface area contributed by atoms with Crippen molar-refractivity contribution in [2.24, 2.45) is 4.99 Å². The highest BCUT2D eigenvalue weighted by Crippen LogP contribution is 2.13.